The van der Waals surface area contributed by atoms with Crippen molar-refractivity contribution in [2.75, 3.05) is 0 Å². The molecule has 1 aliphatic rings. The third-order valence-electron chi connectivity index (χ3n) is 2.92. The Morgan fingerprint density at radius 2 is 2.30 bits per heavy atom. The van der Waals surface area contributed by atoms with Gasteiger partial charge in [0.2, 0.25) is 5.91 Å². The molecule has 0 saturated carbocycles. The number of hydrogen-bond donors (Lipinski definition) is 3. The van der Waals surface area contributed by atoms with Crippen LogP contribution in [0, 0.1) is 0 Å². The Hall–Kier alpha value is -1.96. The molecular formula is C12H16N4O3S. The van der Waals surface area contributed by atoms with E-state index in [9.17, 15) is 14.4 Å². The maximum Gasteiger partial charge on any atom is 0.322 e. The van der Waals surface area contributed by atoms with Crippen LogP contribution in [0.25, 0.3) is 0 Å². The fraction of sp³-hybridized carbons (Fsp3) is 0.500. The molecule has 0 radical (unpaired) electrons. The predicted octanol–water partition coefficient (Wildman–Crippen LogP) is 0.310. The van der Waals surface area contributed by atoms with Gasteiger partial charge in [-0.15, -0.1) is 11.3 Å². The maximum atomic E-state index is 11.7. The molecule has 1 fully saturated rings. The van der Waals surface area contributed by atoms with Crippen LogP contribution in [-0.2, 0) is 22.6 Å². The summed E-state index contributed by atoms with van der Waals surface area (Å²) in [7, 11) is 0. The quantitative estimate of drug-likeness (QED) is 0.658. The molecule has 8 heteroatoms. The fourth-order valence-corrected chi connectivity index (χ4v) is 2.61. The zero-order valence-electron chi connectivity index (χ0n) is 11.1. The molecule has 1 aromatic heterocycles. The van der Waals surface area contributed by atoms with Crippen molar-refractivity contribution in [1.82, 2.24) is 20.9 Å². The summed E-state index contributed by atoms with van der Waals surface area (Å²) in [5.74, 6) is -0.539. The number of thiazole rings is 1. The van der Waals surface area contributed by atoms with E-state index in [1.165, 1.54) is 11.3 Å². The number of carbonyl (C=O) groups excluding carboxylic acids is 3. The van der Waals surface area contributed by atoms with Crippen molar-refractivity contribution in [3.8, 4) is 0 Å². The summed E-state index contributed by atoms with van der Waals surface area (Å²) in [6.45, 7) is 2.42. The number of urea groups is 1. The van der Waals surface area contributed by atoms with Gasteiger partial charge in [-0.3, -0.25) is 14.9 Å². The molecule has 1 aliphatic heterocycles. The molecular weight excluding hydrogens is 280 g/mol. The number of amides is 4. The van der Waals surface area contributed by atoms with Crippen LogP contribution in [-0.4, -0.2) is 28.9 Å². The molecule has 0 unspecified atom stereocenters. The van der Waals surface area contributed by atoms with Crippen LogP contribution < -0.4 is 16.0 Å². The molecule has 0 aliphatic carbocycles. The van der Waals surface area contributed by atoms with E-state index in [0.29, 0.717) is 13.0 Å². The van der Waals surface area contributed by atoms with Gasteiger partial charge in [-0.2, -0.15) is 0 Å². The molecule has 1 atom stereocenters. The highest BCUT2D eigenvalue weighted by Crippen LogP contribution is 2.10. The Morgan fingerprint density at radius 1 is 1.50 bits per heavy atom. The van der Waals surface area contributed by atoms with Crippen molar-refractivity contribution in [2.45, 2.75) is 38.8 Å². The van der Waals surface area contributed by atoms with Gasteiger partial charge in [-0.25, -0.2) is 9.78 Å². The lowest BCUT2D eigenvalue weighted by Crippen LogP contribution is -2.31. The number of aryl methyl sites for hydroxylation is 1. The highest BCUT2D eigenvalue weighted by atomic mass is 32.1. The summed E-state index contributed by atoms with van der Waals surface area (Å²) in [6.07, 6.45) is 1.35. The number of nitrogens with zero attached hydrogens (tertiary/aromatic N) is 1. The molecule has 20 heavy (non-hydrogen) atoms. The molecule has 108 valence electrons. The Kier molecular flexibility index (Phi) is 4.67. The van der Waals surface area contributed by atoms with E-state index in [2.05, 4.69) is 20.9 Å². The van der Waals surface area contributed by atoms with Crippen molar-refractivity contribution in [3.05, 3.63) is 16.1 Å². The van der Waals surface area contributed by atoms with Gasteiger partial charge in [0.05, 0.1) is 12.2 Å². The molecule has 0 spiro atoms. The second kappa shape index (κ2) is 6.47. The largest absolute Gasteiger partial charge is 0.350 e. The average Bonchev–Trinajstić information content (AvgIpc) is 3.00. The van der Waals surface area contributed by atoms with Gasteiger partial charge >= 0.3 is 6.03 Å². The lowest BCUT2D eigenvalue weighted by atomic mass is 10.1. The molecule has 1 aromatic rings. The molecule has 2 heterocycles. The Labute approximate surface area is 120 Å². The van der Waals surface area contributed by atoms with Gasteiger partial charge in [0.1, 0.15) is 11.0 Å². The summed E-state index contributed by atoms with van der Waals surface area (Å²) < 4.78 is 0. The highest BCUT2D eigenvalue weighted by molar-refractivity contribution is 7.09. The normalized spacial score (nSPS) is 17.8. The van der Waals surface area contributed by atoms with Crippen LogP contribution in [0.15, 0.2) is 5.38 Å². The van der Waals surface area contributed by atoms with E-state index in [1.54, 1.807) is 0 Å². The third-order valence-corrected chi connectivity index (χ3v) is 3.81. The predicted molar refractivity (Wildman–Crippen MR) is 73.0 cm³/mol. The Balaban J connectivity index is 1.70. The van der Waals surface area contributed by atoms with Crippen LogP contribution in [0.5, 0.6) is 0 Å². The van der Waals surface area contributed by atoms with Gasteiger partial charge in [0, 0.05) is 11.8 Å². The first kappa shape index (κ1) is 14.4. The number of carbonyl (C=O) groups is 3. The van der Waals surface area contributed by atoms with E-state index < -0.39 is 12.1 Å². The SMILES string of the molecule is CCc1csc(CNC(=O)CC[C@H]2NC(=O)NC2=O)n1. The number of nitrogens with one attached hydrogen (secondary N) is 3. The summed E-state index contributed by atoms with van der Waals surface area (Å²) in [4.78, 5) is 38.2. The van der Waals surface area contributed by atoms with Crippen molar-refractivity contribution < 1.29 is 14.4 Å². The maximum absolute atomic E-state index is 11.7. The van der Waals surface area contributed by atoms with Crippen molar-refractivity contribution >= 4 is 29.2 Å². The minimum absolute atomic E-state index is 0.160. The third kappa shape index (κ3) is 3.77. The monoisotopic (exact) mass is 296 g/mol. The van der Waals surface area contributed by atoms with Crippen LogP contribution in [0.4, 0.5) is 4.79 Å². The standard InChI is InChI=1S/C12H16N4O3S/c1-2-7-6-20-10(14-7)5-13-9(17)4-3-8-11(18)16-12(19)15-8/h6,8H,2-5H2,1H3,(H,13,17)(H2,15,16,18,19)/t8-/m1/s1. The van der Waals surface area contributed by atoms with E-state index in [0.717, 1.165) is 17.1 Å². The summed E-state index contributed by atoms with van der Waals surface area (Å²) in [5.41, 5.74) is 1.02. The number of aromatic nitrogens is 1. The first-order valence-corrected chi connectivity index (χ1v) is 7.27. The van der Waals surface area contributed by atoms with Gasteiger partial charge in [0.15, 0.2) is 0 Å². The van der Waals surface area contributed by atoms with E-state index in [4.69, 9.17) is 0 Å². The van der Waals surface area contributed by atoms with Crippen molar-refractivity contribution in [3.63, 3.8) is 0 Å². The minimum atomic E-state index is -0.611. The molecule has 4 amide bonds. The number of hydrogen-bond acceptors (Lipinski definition) is 5. The second-order valence-electron chi connectivity index (χ2n) is 4.42. The van der Waals surface area contributed by atoms with Crippen LogP contribution in [0.3, 0.4) is 0 Å². The van der Waals surface area contributed by atoms with Gasteiger partial charge in [-0.05, 0) is 12.8 Å². The zero-order chi connectivity index (χ0) is 14.5. The van der Waals surface area contributed by atoms with Crippen molar-refractivity contribution in [1.29, 1.82) is 0 Å². The first-order chi connectivity index (χ1) is 9.58. The van der Waals surface area contributed by atoms with Gasteiger partial charge < -0.3 is 10.6 Å². The average molecular weight is 296 g/mol. The minimum Gasteiger partial charge on any atom is -0.350 e. The topological polar surface area (TPSA) is 100 Å². The molecule has 2 rings (SSSR count). The van der Waals surface area contributed by atoms with Crippen molar-refractivity contribution in [2.24, 2.45) is 0 Å². The molecule has 7 nitrogen and oxygen atoms in total. The number of imide groups is 1. The Bertz CT molecular complexity index is 529. The van der Waals surface area contributed by atoms with Crippen LogP contribution in [0.2, 0.25) is 0 Å². The Morgan fingerprint density at radius 3 is 2.90 bits per heavy atom. The summed E-state index contributed by atoms with van der Waals surface area (Å²) in [6, 6.07) is -1.12. The lowest BCUT2D eigenvalue weighted by Gasteiger charge is -2.07. The molecule has 1 saturated heterocycles. The van der Waals surface area contributed by atoms with Crippen LogP contribution in [0.1, 0.15) is 30.5 Å². The van der Waals surface area contributed by atoms with Gasteiger partial charge in [-0.1, -0.05) is 6.92 Å². The summed E-state index contributed by atoms with van der Waals surface area (Å²) in [5, 5.41) is 10.2. The number of rotatable bonds is 6. The lowest BCUT2D eigenvalue weighted by molar-refractivity contribution is -0.122. The first-order valence-electron chi connectivity index (χ1n) is 6.40. The zero-order valence-corrected chi connectivity index (χ0v) is 11.9. The highest BCUT2D eigenvalue weighted by Gasteiger charge is 2.29. The van der Waals surface area contributed by atoms with E-state index in [-0.39, 0.29) is 18.2 Å². The smallest absolute Gasteiger partial charge is 0.322 e. The van der Waals surface area contributed by atoms with E-state index >= 15 is 0 Å². The molecule has 3 N–H and O–H groups in total. The fourth-order valence-electron chi connectivity index (χ4n) is 1.79. The second-order valence-corrected chi connectivity index (χ2v) is 5.36. The van der Waals surface area contributed by atoms with Gasteiger partial charge in [0.25, 0.3) is 5.91 Å². The van der Waals surface area contributed by atoms with E-state index in [1.807, 2.05) is 12.3 Å². The summed E-state index contributed by atoms with van der Waals surface area (Å²) >= 11 is 1.51. The van der Waals surface area contributed by atoms with Crippen LogP contribution >= 0.6 is 11.3 Å². The molecule has 0 aromatic carbocycles. The molecule has 0 bridgehead atoms.